The van der Waals surface area contributed by atoms with Crippen molar-refractivity contribution in [2.24, 2.45) is 11.3 Å². The van der Waals surface area contributed by atoms with Crippen molar-refractivity contribution in [2.75, 3.05) is 18.0 Å². The molecule has 0 bridgehead atoms. The highest BCUT2D eigenvalue weighted by Crippen LogP contribution is 2.66. The van der Waals surface area contributed by atoms with E-state index in [1.165, 1.54) is 0 Å². The fraction of sp³-hybridized carbons (Fsp3) is 0.375. The molecule has 1 aromatic carbocycles. The number of hydrogen-bond donors (Lipinski definition) is 0. The van der Waals surface area contributed by atoms with Gasteiger partial charge in [0.25, 0.3) is 0 Å². The molecular formula is C16H12F3N3. The van der Waals surface area contributed by atoms with Crippen LogP contribution in [-0.2, 0) is 0 Å². The summed E-state index contributed by atoms with van der Waals surface area (Å²) in [6.45, 7) is 0.409. The smallest absolute Gasteiger partial charge is 0.370 e. The molecule has 0 radical (unpaired) electrons. The van der Waals surface area contributed by atoms with Crippen LogP contribution in [0.5, 0.6) is 0 Å². The second-order valence-corrected chi connectivity index (χ2v) is 6.08. The number of alkyl halides is 3. The number of hydrogen-bond acceptors (Lipinski definition) is 3. The zero-order valence-corrected chi connectivity index (χ0v) is 11.6. The van der Waals surface area contributed by atoms with E-state index in [-0.39, 0.29) is 18.9 Å². The highest BCUT2D eigenvalue weighted by atomic mass is 19.4. The third kappa shape index (κ3) is 1.65. The van der Waals surface area contributed by atoms with E-state index in [9.17, 15) is 13.2 Å². The average Bonchev–Trinajstić information content (AvgIpc) is 3.08. The van der Waals surface area contributed by atoms with Gasteiger partial charge in [0.15, 0.2) is 0 Å². The summed E-state index contributed by atoms with van der Waals surface area (Å²) in [4.78, 5) is 5.99. The van der Waals surface area contributed by atoms with Crippen molar-refractivity contribution in [1.29, 1.82) is 5.26 Å². The van der Waals surface area contributed by atoms with Crippen molar-refractivity contribution in [2.45, 2.75) is 12.6 Å². The van der Waals surface area contributed by atoms with Crippen LogP contribution < -0.4 is 4.90 Å². The van der Waals surface area contributed by atoms with E-state index in [1.54, 1.807) is 29.3 Å². The fourth-order valence-corrected chi connectivity index (χ4v) is 3.63. The lowest BCUT2D eigenvalue weighted by Gasteiger charge is -2.25. The van der Waals surface area contributed by atoms with E-state index in [1.807, 2.05) is 6.07 Å². The Labute approximate surface area is 125 Å². The summed E-state index contributed by atoms with van der Waals surface area (Å²) in [5.74, 6) is -0.310. The number of fused-ring (bicyclic) bond motifs is 2. The number of nitriles is 1. The van der Waals surface area contributed by atoms with Gasteiger partial charge in [0, 0.05) is 30.4 Å². The first-order chi connectivity index (χ1) is 10.5. The predicted molar refractivity (Wildman–Crippen MR) is 75.3 cm³/mol. The van der Waals surface area contributed by atoms with Crippen LogP contribution in [0.3, 0.4) is 0 Å². The molecule has 2 aromatic rings. The van der Waals surface area contributed by atoms with Crippen molar-refractivity contribution < 1.29 is 13.2 Å². The van der Waals surface area contributed by atoms with Crippen molar-refractivity contribution in [3.8, 4) is 6.07 Å². The Bertz CT molecular complexity index is 808. The summed E-state index contributed by atoms with van der Waals surface area (Å²) < 4.78 is 39.7. The maximum absolute atomic E-state index is 13.2. The molecule has 1 aliphatic carbocycles. The summed E-state index contributed by atoms with van der Waals surface area (Å²) in [6.07, 6.45) is -2.32. The van der Waals surface area contributed by atoms with Crippen LogP contribution in [-0.4, -0.2) is 24.2 Å². The van der Waals surface area contributed by atoms with Crippen LogP contribution in [0, 0.1) is 22.7 Å². The minimum atomic E-state index is -4.15. The predicted octanol–water partition coefficient (Wildman–Crippen LogP) is 3.50. The number of benzene rings is 1. The summed E-state index contributed by atoms with van der Waals surface area (Å²) in [5.41, 5.74) is 0.186. The van der Waals surface area contributed by atoms with Crippen LogP contribution in [0.4, 0.5) is 18.9 Å². The highest BCUT2D eigenvalue weighted by Gasteiger charge is 2.74. The highest BCUT2D eigenvalue weighted by molar-refractivity contribution is 5.95. The molecule has 2 heterocycles. The third-order valence-electron chi connectivity index (χ3n) is 4.92. The van der Waals surface area contributed by atoms with Crippen LogP contribution >= 0.6 is 0 Å². The van der Waals surface area contributed by atoms with Crippen LogP contribution in [0.25, 0.3) is 10.9 Å². The van der Waals surface area contributed by atoms with Gasteiger partial charge in [-0.2, -0.15) is 18.4 Å². The van der Waals surface area contributed by atoms with Gasteiger partial charge in [-0.05, 0) is 36.6 Å². The van der Waals surface area contributed by atoms with E-state index in [0.29, 0.717) is 17.6 Å². The second kappa shape index (κ2) is 4.13. The fourth-order valence-electron chi connectivity index (χ4n) is 3.63. The van der Waals surface area contributed by atoms with E-state index in [0.717, 1.165) is 11.1 Å². The number of anilines is 1. The number of aromatic nitrogens is 1. The van der Waals surface area contributed by atoms with Crippen molar-refractivity contribution in [1.82, 2.24) is 4.98 Å². The van der Waals surface area contributed by atoms with E-state index in [4.69, 9.17) is 5.26 Å². The van der Waals surface area contributed by atoms with Gasteiger partial charge in [-0.1, -0.05) is 0 Å². The molecule has 22 heavy (non-hydrogen) atoms. The molecule has 0 amide bonds. The van der Waals surface area contributed by atoms with E-state index in [2.05, 4.69) is 11.1 Å². The Balaban J connectivity index is 1.77. The molecule has 1 saturated carbocycles. The number of piperidine rings is 1. The van der Waals surface area contributed by atoms with Crippen molar-refractivity contribution in [3.63, 3.8) is 0 Å². The van der Waals surface area contributed by atoms with Crippen LogP contribution in [0.15, 0.2) is 30.5 Å². The first kappa shape index (κ1) is 13.4. The van der Waals surface area contributed by atoms with Gasteiger partial charge in [-0.3, -0.25) is 4.98 Å². The van der Waals surface area contributed by atoms with Crippen LogP contribution in [0.2, 0.25) is 0 Å². The molecule has 2 fully saturated rings. The minimum absolute atomic E-state index is 0.00292. The summed E-state index contributed by atoms with van der Waals surface area (Å²) in [7, 11) is 0. The quantitative estimate of drug-likeness (QED) is 0.809. The zero-order valence-electron chi connectivity index (χ0n) is 11.6. The second-order valence-electron chi connectivity index (χ2n) is 6.08. The third-order valence-corrected chi connectivity index (χ3v) is 4.92. The van der Waals surface area contributed by atoms with Crippen molar-refractivity contribution >= 4 is 16.6 Å². The Morgan fingerprint density at radius 3 is 2.82 bits per heavy atom. The number of pyridine rings is 1. The molecule has 4 rings (SSSR count). The van der Waals surface area contributed by atoms with Gasteiger partial charge in [-0.25, -0.2) is 0 Å². The van der Waals surface area contributed by atoms with Gasteiger partial charge in [0.1, 0.15) is 6.07 Å². The summed E-state index contributed by atoms with van der Waals surface area (Å²) in [6, 6.07) is 8.99. The van der Waals surface area contributed by atoms with Gasteiger partial charge >= 0.3 is 6.18 Å². The molecule has 1 aliphatic heterocycles. The largest absolute Gasteiger partial charge is 0.396 e. The molecule has 2 aliphatic rings. The molecule has 3 nitrogen and oxygen atoms in total. The first-order valence-corrected chi connectivity index (χ1v) is 7.06. The average molecular weight is 303 g/mol. The molecular weight excluding hydrogens is 291 g/mol. The zero-order chi connectivity index (χ0) is 15.5. The summed E-state index contributed by atoms with van der Waals surface area (Å²) in [5, 5.41) is 9.87. The Morgan fingerprint density at radius 1 is 1.32 bits per heavy atom. The van der Waals surface area contributed by atoms with Gasteiger partial charge in [0.2, 0.25) is 0 Å². The first-order valence-electron chi connectivity index (χ1n) is 7.06. The molecule has 112 valence electrons. The van der Waals surface area contributed by atoms with Gasteiger partial charge in [0.05, 0.1) is 16.5 Å². The maximum Gasteiger partial charge on any atom is 0.396 e. The molecule has 6 heteroatoms. The molecule has 1 saturated heterocycles. The molecule has 0 spiro atoms. The van der Waals surface area contributed by atoms with E-state index >= 15 is 0 Å². The molecule has 0 unspecified atom stereocenters. The number of nitrogens with zero attached hydrogens (tertiary/aromatic N) is 3. The molecule has 0 N–H and O–H groups in total. The Hall–Kier alpha value is -2.29. The SMILES string of the molecule is N#Cc1ccc(N2C[C@H]3C[C@]3(C(F)(F)F)C2)c2cccnc12. The minimum Gasteiger partial charge on any atom is -0.370 e. The van der Waals surface area contributed by atoms with Crippen molar-refractivity contribution in [3.05, 3.63) is 36.0 Å². The lowest BCUT2D eigenvalue weighted by Crippen LogP contribution is -2.33. The number of rotatable bonds is 1. The lowest BCUT2D eigenvalue weighted by molar-refractivity contribution is -0.184. The molecule has 1 aromatic heterocycles. The lowest BCUT2D eigenvalue weighted by atomic mass is 10.1. The Kier molecular flexibility index (Phi) is 2.51. The van der Waals surface area contributed by atoms with E-state index < -0.39 is 11.6 Å². The Morgan fingerprint density at radius 2 is 2.14 bits per heavy atom. The summed E-state index contributed by atoms with van der Waals surface area (Å²) >= 11 is 0. The number of halogens is 3. The standard InChI is InChI=1S/C16H12F3N3/c17-16(18,19)15-6-11(15)8-22(9-15)13-4-3-10(7-20)14-12(13)2-1-5-21-14/h1-5,11H,6,8-9H2/t11-,15+/m1/s1. The normalized spacial score (nSPS) is 26.8. The topological polar surface area (TPSA) is 39.9 Å². The van der Waals surface area contributed by atoms with Gasteiger partial charge in [-0.15, -0.1) is 0 Å². The maximum atomic E-state index is 13.2. The molecule has 2 atom stereocenters. The monoisotopic (exact) mass is 303 g/mol. The van der Waals surface area contributed by atoms with Crippen LogP contribution in [0.1, 0.15) is 12.0 Å². The van der Waals surface area contributed by atoms with Gasteiger partial charge < -0.3 is 4.90 Å².